The number of nitrogens with one attached hydrogen (secondary N) is 2. The summed E-state index contributed by atoms with van der Waals surface area (Å²) in [6.07, 6.45) is -4.73. The number of hydrogen-bond acceptors (Lipinski definition) is 3. The smallest absolute Gasteiger partial charge is 0.322 e. The third kappa shape index (κ3) is 5.78. The molecule has 0 aliphatic carbocycles. The first-order chi connectivity index (χ1) is 14.5. The van der Waals surface area contributed by atoms with E-state index in [-0.39, 0.29) is 16.5 Å². The van der Waals surface area contributed by atoms with Crippen LogP contribution in [0.1, 0.15) is 15.9 Å². The average molecular weight is 534 g/mol. The fourth-order valence-electron chi connectivity index (χ4n) is 2.54. The van der Waals surface area contributed by atoms with E-state index in [1.165, 1.54) is 24.3 Å². The minimum absolute atomic E-state index is 0.197. The molecule has 0 radical (unpaired) electrons. The average Bonchev–Trinajstić information content (AvgIpc) is 2.69. The number of hydrogen-bond donors (Lipinski definition) is 2. The van der Waals surface area contributed by atoms with E-state index in [9.17, 15) is 26.4 Å². The topological polar surface area (TPSA) is 75.3 Å². The Morgan fingerprint density at radius 2 is 1.48 bits per heavy atom. The van der Waals surface area contributed by atoms with Gasteiger partial charge in [-0.2, -0.15) is 13.2 Å². The van der Waals surface area contributed by atoms with Gasteiger partial charge in [-0.15, -0.1) is 0 Å². The lowest BCUT2D eigenvalue weighted by atomic mass is 10.2. The Kier molecular flexibility index (Phi) is 6.63. The van der Waals surface area contributed by atoms with Gasteiger partial charge in [0.2, 0.25) is 0 Å². The predicted octanol–water partition coefficient (Wildman–Crippen LogP) is 6.17. The number of carbonyl (C=O) groups is 1. The van der Waals surface area contributed by atoms with Gasteiger partial charge in [-0.3, -0.25) is 9.52 Å². The van der Waals surface area contributed by atoms with Crippen LogP contribution in [0.4, 0.5) is 24.5 Å². The van der Waals surface area contributed by atoms with Crippen molar-refractivity contribution < 1.29 is 26.4 Å². The van der Waals surface area contributed by atoms with Crippen LogP contribution in [-0.4, -0.2) is 14.3 Å². The highest BCUT2D eigenvalue weighted by atomic mass is 79.9. The molecular formula is C20H13BrClF3N2O3S. The molecule has 0 aliphatic heterocycles. The molecule has 0 unspecified atom stereocenters. The summed E-state index contributed by atoms with van der Waals surface area (Å²) < 4.78 is 66.9. The van der Waals surface area contributed by atoms with Gasteiger partial charge in [-0.25, -0.2) is 8.42 Å². The van der Waals surface area contributed by atoms with Crippen LogP contribution in [0.2, 0.25) is 5.02 Å². The molecule has 0 aliphatic rings. The molecule has 162 valence electrons. The van der Waals surface area contributed by atoms with Crippen LogP contribution in [-0.2, 0) is 16.2 Å². The van der Waals surface area contributed by atoms with Gasteiger partial charge in [0, 0.05) is 21.4 Å². The van der Waals surface area contributed by atoms with Gasteiger partial charge in [0.15, 0.2) is 0 Å². The second-order valence-electron chi connectivity index (χ2n) is 6.28. The van der Waals surface area contributed by atoms with Crippen molar-refractivity contribution in [2.75, 3.05) is 10.0 Å². The van der Waals surface area contributed by atoms with Gasteiger partial charge in [0.25, 0.3) is 15.9 Å². The van der Waals surface area contributed by atoms with Gasteiger partial charge in [0.05, 0.1) is 15.5 Å². The Bertz CT molecular complexity index is 1220. The highest BCUT2D eigenvalue weighted by Crippen LogP contribution is 2.36. The van der Waals surface area contributed by atoms with Crippen molar-refractivity contribution in [1.29, 1.82) is 0 Å². The van der Waals surface area contributed by atoms with Crippen LogP contribution in [0, 0.1) is 0 Å². The molecule has 0 atom stereocenters. The molecule has 3 aromatic rings. The molecule has 0 aromatic heterocycles. The van der Waals surface area contributed by atoms with E-state index in [0.717, 1.165) is 16.6 Å². The normalized spacial score (nSPS) is 11.8. The zero-order valence-electron chi connectivity index (χ0n) is 15.4. The first kappa shape index (κ1) is 23.1. The molecule has 5 nitrogen and oxygen atoms in total. The summed E-state index contributed by atoms with van der Waals surface area (Å²) in [5.41, 5.74) is -0.688. The van der Waals surface area contributed by atoms with E-state index in [2.05, 4.69) is 26.0 Å². The minimum Gasteiger partial charge on any atom is -0.322 e. The molecule has 3 aromatic carbocycles. The van der Waals surface area contributed by atoms with E-state index in [4.69, 9.17) is 11.6 Å². The second kappa shape index (κ2) is 8.89. The highest BCUT2D eigenvalue weighted by molar-refractivity contribution is 9.10. The molecule has 31 heavy (non-hydrogen) atoms. The Hall–Kier alpha value is -2.56. The summed E-state index contributed by atoms with van der Waals surface area (Å²) in [7, 11) is -4.17. The van der Waals surface area contributed by atoms with Crippen molar-refractivity contribution in [2.45, 2.75) is 11.1 Å². The SMILES string of the molecule is O=C(Nc1ccc(S(=O)(=O)Nc2ccc(Cl)c(C(F)(F)F)c2)cc1)c1ccc(Br)cc1. The molecule has 0 spiro atoms. The van der Waals surface area contributed by atoms with Crippen LogP contribution in [0.3, 0.4) is 0 Å². The third-order valence-electron chi connectivity index (χ3n) is 4.05. The highest BCUT2D eigenvalue weighted by Gasteiger charge is 2.33. The van der Waals surface area contributed by atoms with E-state index in [1.807, 2.05) is 0 Å². The first-order valence-electron chi connectivity index (χ1n) is 8.52. The van der Waals surface area contributed by atoms with Gasteiger partial charge in [-0.05, 0) is 66.7 Å². The quantitative estimate of drug-likeness (QED) is 0.412. The van der Waals surface area contributed by atoms with Crippen molar-refractivity contribution in [3.05, 3.63) is 87.4 Å². The number of alkyl halides is 3. The van der Waals surface area contributed by atoms with E-state index in [1.54, 1.807) is 24.3 Å². The lowest BCUT2D eigenvalue weighted by Gasteiger charge is -2.13. The zero-order valence-corrected chi connectivity index (χ0v) is 18.5. The van der Waals surface area contributed by atoms with E-state index < -0.39 is 26.8 Å². The van der Waals surface area contributed by atoms with Gasteiger partial charge >= 0.3 is 6.18 Å². The minimum atomic E-state index is -4.73. The van der Waals surface area contributed by atoms with Crippen LogP contribution >= 0.6 is 27.5 Å². The van der Waals surface area contributed by atoms with Crippen molar-refractivity contribution in [3.63, 3.8) is 0 Å². The number of anilines is 2. The molecule has 0 saturated heterocycles. The van der Waals surface area contributed by atoms with Crippen molar-refractivity contribution in [2.24, 2.45) is 0 Å². The van der Waals surface area contributed by atoms with Gasteiger partial charge in [-0.1, -0.05) is 27.5 Å². The molecule has 0 heterocycles. The number of sulfonamides is 1. The van der Waals surface area contributed by atoms with Gasteiger partial charge in [0.1, 0.15) is 0 Å². The maximum Gasteiger partial charge on any atom is 0.417 e. The monoisotopic (exact) mass is 532 g/mol. The van der Waals surface area contributed by atoms with E-state index in [0.29, 0.717) is 17.3 Å². The van der Waals surface area contributed by atoms with Crippen LogP contribution in [0.15, 0.2) is 76.1 Å². The van der Waals surface area contributed by atoms with E-state index >= 15 is 0 Å². The third-order valence-corrected chi connectivity index (χ3v) is 6.31. The molecule has 0 fully saturated rings. The lowest BCUT2D eigenvalue weighted by molar-refractivity contribution is -0.137. The molecule has 1 amide bonds. The van der Waals surface area contributed by atoms with Crippen molar-refractivity contribution in [3.8, 4) is 0 Å². The lowest BCUT2D eigenvalue weighted by Crippen LogP contribution is -2.15. The summed E-state index contributed by atoms with van der Waals surface area (Å²) in [5.74, 6) is -0.387. The maximum atomic E-state index is 13.0. The zero-order chi connectivity index (χ0) is 22.8. The van der Waals surface area contributed by atoms with Crippen molar-refractivity contribution in [1.82, 2.24) is 0 Å². The van der Waals surface area contributed by atoms with Crippen molar-refractivity contribution >= 4 is 54.8 Å². The molecule has 11 heteroatoms. The molecule has 2 N–H and O–H groups in total. The molecule has 3 rings (SSSR count). The number of halogens is 5. The second-order valence-corrected chi connectivity index (χ2v) is 9.29. The predicted molar refractivity (Wildman–Crippen MR) is 116 cm³/mol. The maximum absolute atomic E-state index is 13.0. The Balaban J connectivity index is 1.75. The first-order valence-corrected chi connectivity index (χ1v) is 11.2. The number of amides is 1. The summed E-state index contributed by atoms with van der Waals surface area (Å²) in [6.45, 7) is 0. The summed E-state index contributed by atoms with van der Waals surface area (Å²) in [4.78, 5) is 12.0. The summed E-state index contributed by atoms with van der Waals surface area (Å²) in [5, 5.41) is 2.09. The number of benzene rings is 3. The largest absolute Gasteiger partial charge is 0.417 e. The Morgan fingerprint density at radius 1 is 0.903 bits per heavy atom. The van der Waals surface area contributed by atoms with Crippen LogP contribution < -0.4 is 10.0 Å². The Morgan fingerprint density at radius 3 is 2.06 bits per heavy atom. The number of rotatable bonds is 5. The van der Waals surface area contributed by atoms with Crippen LogP contribution in [0.25, 0.3) is 0 Å². The Labute approximate surface area is 189 Å². The van der Waals surface area contributed by atoms with Gasteiger partial charge < -0.3 is 5.32 Å². The fraction of sp³-hybridized carbons (Fsp3) is 0.0500. The fourth-order valence-corrected chi connectivity index (χ4v) is 4.08. The molecule has 0 bridgehead atoms. The standard InChI is InChI=1S/C20H13BrClF3N2O3S/c21-13-3-1-12(2-4-13)19(28)26-14-5-8-16(9-6-14)31(29,30)27-15-7-10-18(22)17(11-15)20(23,24)25/h1-11,27H,(H,26,28). The molecule has 0 saturated carbocycles. The summed E-state index contributed by atoms with van der Waals surface area (Å²) in [6, 6.07) is 14.5. The molecular weight excluding hydrogens is 521 g/mol. The number of carbonyl (C=O) groups excluding carboxylic acids is 1. The summed E-state index contributed by atoms with van der Waals surface area (Å²) >= 11 is 8.82. The van der Waals surface area contributed by atoms with Crippen LogP contribution in [0.5, 0.6) is 0 Å².